The van der Waals surface area contributed by atoms with E-state index in [1.807, 2.05) is 19.1 Å². The molecule has 13 heavy (non-hydrogen) atoms. The lowest BCUT2D eigenvalue weighted by Gasteiger charge is -2.07. The van der Waals surface area contributed by atoms with Gasteiger partial charge < -0.3 is 9.94 Å². The Morgan fingerprint density at radius 3 is 2.85 bits per heavy atom. The molecule has 0 aliphatic heterocycles. The van der Waals surface area contributed by atoms with Gasteiger partial charge in [0.1, 0.15) is 5.75 Å². The number of hydrogen-bond acceptors (Lipinski definition) is 3. The average molecular weight is 246 g/mol. The van der Waals surface area contributed by atoms with Crippen molar-refractivity contribution in [3.63, 3.8) is 0 Å². The molecule has 72 valence electrons. The van der Waals surface area contributed by atoms with Crippen molar-refractivity contribution >= 4 is 15.9 Å². The van der Waals surface area contributed by atoms with Crippen LogP contribution >= 0.6 is 15.9 Å². The van der Waals surface area contributed by atoms with Crippen LogP contribution in [0.4, 0.5) is 0 Å². The molecule has 0 aliphatic rings. The summed E-state index contributed by atoms with van der Waals surface area (Å²) in [6.07, 6.45) is 0.612. The Morgan fingerprint density at radius 2 is 2.23 bits per heavy atom. The monoisotopic (exact) mass is 245 g/mol. The highest BCUT2D eigenvalue weighted by Crippen LogP contribution is 2.31. The molecular weight excluding hydrogens is 234 g/mol. The van der Waals surface area contributed by atoms with Crippen LogP contribution in [0.15, 0.2) is 16.6 Å². The number of aromatic hydroxyl groups is 1. The Kier molecular flexibility index (Phi) is 3.71. The van der Waals surface area contributed by atoms with Crippen molar-refractivity contribution in [3.05, 3.63) is 27.7 Å². The summed E-state index contributed by atoms with van der Waals surface area (Å²) in [5.41, 5.74) is 1.85. The van der Waals surface area contributed by atoms with Gasteiger partial charge >= 0.3 is 0 Å². The van der Waals surface area contributed by atoms with Crippen LogP contribution in [-0.2, 0) is 11.3 Å². The maximum atomic E-state index is 9.66. The Balaban J connectivity index is 2.90. The average Bonchev–Trinajstić information content (AvgIpc) is 2.13. The highest BCUT2D eigenvalue weighted by Gasteiger charge is 2.06. The van der Waals surface area contributed by atoms with Crippen molar-refractivity contribution < 1.29 is 9.94 Å². The van der Waals surface area contributed by atoms with Gasteiger partial charge in [0.25, 0.3) is 0 Å². The van der Waals surface area contributed by atoms with Crippen LogP contribution in [0.5, 0.6) is 5.75 Å². The molecule has 0 saturated heterocycles. The predicted molar refractivity (Wildman–Crippen MR) is 54.4 cm³/mol. The standard InChI is InChI=1S/C9H12BrNO2/c1-6-2-3-7(4-5-13-11)9(12)8(6)10/h2-3,12H,4-5,11H2,1H3. The van der Waals surface area contributed by atoms with Crippen LogP contribution in [0.1, 0.15) is 11.1 Å². The summed E-state index contributed by atoms with van der Waals surface area (Å²) in [6, 6.07) is 3.81. The molecule has 1 aromatic carbocycles. The van der Waals surface area contributed by atoms with Crippen molar-refractivity contribution in [1.82, 2.24) is 0 Å². The summed E-state index contributed by atoms with van der Waals surface area (Å²) < 4.78 is 0.738. The number of benzene rings is 1. The molecule has 0 aromatic heterocycles. The molecule has 0 fully saturated rings. The zero-order valence-electron chi connectivity index (χ0n) is 7.38. The highest BCUT2D eigenvalue weighted by atomic mass is 79.9. The predicted octanol–water partition coefficient (Wildman–Crippen LogP) is 1.90. The first-order valence-corrected chi connectivity index (χ1v) is 4.74. The first-order chi connectivity index (χ1) is 6.16. The molecule has 1 rings (SSSR count). The van der Waals surface area contributed by atoms with E-state index < -0.39 is 0 Å². The van der Waals surface area contributed by atoms with Crippen molar-refractivity contribution in [2.24, 2.45) is 5.90 Å². The van der Waals surface area contributed by atoms with Gasteiger partial charge in [0.2, 0.25) is 0 Å². The minimum Gasteiger partial charge on any atom is -0.506 e. The Labute approximate surface area is 85.6 Å². The summed E-state index contributed by atoms with van der Waals surface area (Å²) in [4.78, 5) is 4.44. The maximum Gasteiger partial charge on any atom is 0.133 e. The lowest BCUT2D eigenvalue weighted by atomic mass is 10.1. The van der Waals surface area contributed by atoms with Gasteiger partial charge in [-0.1, -0.05) is 12.1 Å². The van der Waals surface area contributed by atoms with Crippen LogP contribution in [0.3, 0.4) is 0 Å². The minimum absolute atomic E-state index is 0.275. The van der Waals surface area contributed by atoms with Gasteiger partial charge in [0, 0.05) is 6.42 Å². The third-order valence-corrected chi connectivity index (χ3v) is 2.88. The van der Waals surface area contributed by atoms with Gasteiger partial charge in [-0.3, -0.25) is 0 Å². The fourth-order valence-corrected chi connectivity index (χ4v) is 1.46. The van der Waals surface area contributed by atoms with Crippen molar-refractivity contribution in [3.8, 4) is 5.75 Å². The molecule has 0 aliphatic carbocycles. The minimum atomic E-state index is 0.275. The quantitative estimate of drug-likeness (QED) is 0.801. The summed E-state index contributed by atoms with van der Waals surface area (Å²) >= 11 is 3.30. The fraction of sp³-hybridized carbons (Fsp3) is 0.333. The van der Waals surface area contributed by atoms with Gasteiger partial charge in [-0.15, -0.1) is 0 Å². The molecule has 0 unspecified atom stereocenters. The first kappa shape index (κ1) is 10.5. The Hall–Kier alpha value is -0.580. The lowest BCUT2D eigenvalue weighted by molar-refractivity contribution is 0.140. The van der Waals surface area contributed by atoms with Crippen LogP contribution in [-0.4, -0.2) is 11.7 Å². The molecule has 0 bridgehead atoms. The van der Waals surface area contributed by atoms with Crippen LogP contribution < -0.4 is 5.90 Å². The fourth-order valence-electron chi connectivity index (χ4n) is 1.08. The van der Waals surface area contributed by atoms with Crippen molar-refractivity contribution in [2.45, 2.75) is 13.3 Å². The molecule has 0 saturated carbocycles. The van der Waals surface area contributed by atoms with E-state index >= 15 is 0 Å². The Bertz CT molecular complexity index is 302. The molecule has 0 amide bonds. The highest BCUT2D eigenvalue weighted by molar-refractivity contribution is 9.10. The second-order valence-electron chi connectivity index (χ2n) is 2.82. The molecular formula is C9H12BrNO2. The normalized spacial score (nSPS) is 10.4. The van der Waals surface area contributed by atoms with E-state index in [1.165, 1.54) is 0 Å². The van der Waals surface area contributed by atoms with Crippen molar-refractivity contribution in [1.29, 1.82) is 0 Å². The molecule has 3 nitrogen and oxygen atoms in total. The second kappa shape index (κ2) is 4.60. The molecule has 0 heterocycles. The smallest absolute Gasteiger partial charge is 0.133 e. The molecule has 0 atom stereocenters. The van der Waals surface area contributed by atoms with E-state index in [2.05, 4.69) is 20.8 Å². The third kappa shape index (κ3) is 2.43. The van der Waals surface area contributed by atoms with Crippen LogP contribution in [0.2, 0.25) is 0 Å². The maximum absolute atomic E-state index is 9.66. The summed E-state index contributed by atoms with van der Waals surface area (Å²) in [7, 11) is 0. The number of rotatable bonds is 3. The van der Waals surface area contributed by atoms with Crippen LogP contribution in [0, 0.1) is 6.92 Å². The molecule has 0 radical (unpaired) electrons. The second-order valence-corrected chi connectivity index (χ2v) is 3.62. The van der Waals surface area contributed by atoms with Gasteiger partial charge in [-0.2, -0.15) is 0 Å². The zero-order chi connectivity index (χ0) is 9.84. The SMILES string of the molecule is Cc1ccc(CCON)c(O)c1Br. The van der Waals surface area contributed by atoms with Crippen LogP contribution in [0.25, 0.3) is 0 Å². The number of nitrogens with two attached hydrogens (primary N) is 1. The summed E-state index contributed by atoms with van der Waals surface area (Å²) in [5, 5.41) is 9.66. The zero-order valence-corrected chi connectivity index (χ0v) is 8.97. The summed E-state index contributed by atoms with van der Waals surface area (Å²) in [6.45, 7) is 2.33. The van der Waals surface area contributed by atoms with Gasteiger partial charge in [0.15, 0.2) is 0 Å². The molecule has 0 spiro atoms. The van der Waals surface area contributed by atoms with E-state index in [4.69, 9.17) is 5.90 Å². The number of aryl methyl sites for hydroxylation is 1. The van der Waals surface area contributed by atoms with E-state index in [0.29, 0.717) is 13.0 Å². The van der Waals surface area contributed by atoms with E-state index in [1.54, 1.807) is 0 Å². The van der Waals surface area contributed by atoms with E-state index in [9.17, 15) is 5.11 Å². The van der Waals surface area contributed by atoms with Gasteiger partial charge in [0.05, 0.1) is 11.1 Å². The van der Waals surface area contributed by atoms with Gasteiger partial charge in [-0.05, 0) is 34.0 Å². The molecule has 1 aromatic rings. The first-order valence-electron chi connectivity index (χ1n) is 3.95. The molecule has 4 heteroatoms. The third-order valence-electron chi connectivity index (χ3n) is 1.88. The van der Waals surface area contributed by atoms with E-state index in [-0.39, 0.29) is 5.75 Å². The molecule has 3 N–H and O–H groups in total. The number of phenols is 1. The lowest BCUT2D eigenvalue weighted by Crippen LogP contribution is -2.04. The number of hydrogen-bond donors (Lipinski definition) is 2. The van der Waals surface area contributed by atoms with E-state index in [0.717, 1.165) is 15.6 Å². The topological polar surface area (TPSA) is 55.5 Å². The number of phenolic OH excluding ortho intramolecular Hbond substituents is 1. The number of halogens is 1. The van der Waals surface area contributed by atoms with Crippen molar-refractivity contribution in [2.75, 3.05) is 6.61 Å². The van der Waals surface area contributed by atoms with Gasteiger partial charge in [-0.25, -0.2) is 5.90 Å². The summed E-state index contributed by atoms with van der Waals surface area (Å²) in [5.74, 6) is 5.18. The Morgan fingerprint density at radius 1 is 1.54 bits per heavy atom. The largest absolute Gasteiger partial charge is 0.506 e.